The minimum absolute atomic E-state index is 0.597. The van der Waals surface area contributed by atoms with Crippen LogP contribution in [0.25, 0.3) is 94.7 Å². The van der Waals surface area contributed by atoms with Gasteiger partial charge >= 0.3 is 0 Å². The first-order chi connectivity index (χ1) is 34.2. The number of rotatable bonds is 9. The maximum Gasteiger partial charge on any atom is 0.179 e. The van der Waals surface area contributed by atoms with Crippen molar-refractivity contribution in [3.63, 3.8) is 0 Å². The normalized spacial score (nSPS) is 11.8. The van der Waals surface area contributed by atoms with Gasteiger partial charge in [0.1, 0.15) is 11.2 Å². The van der Waals surface area contributed by atoms with Crippen molar-refractivity contribution in [3.05, 3.63) is 255 Å². The van der Waals surface area contributed by atoms with Crippen LogP contribution < -0.4 is 20.7 Å². The van der Waals surface area contributed by atoms with E-state index in [1.54, 1.807) is 0 Å². The molecule has 5 nitrogen and oxygen atoms in total. The van der Waals surface area contributed by atoms with Gasteiger partial charge in [-0.3, -0.25) is 0 Å². The fourth-order valence-corrected chi connectivity index (χ4v) is 15.2. The Morgan fingerprint density at radius 1 is 0.304 bits per heavy atom. The number of fused-ring (bicyclic) bond motifs is 6. The molecule has 0 saturated heterocycles. The van der Waals surface area contributed by atoms with Gasteiger partial charge in [-0.15, -0.1) is 0 Å². The van der Waals surface area contributed by atoms with Crippen molar-refractivity contribution in [3.8, 4) is 51.0 Å². The van der Waals surface area contributed by atoms with E-state index in [-0.39, 0.29) is 0 Å². The molecule has 3 heterocycles. The molecule has 6 heteroatoms. The summed E-state index contributed by atoms with van der Waals surface area (Å²) in [6.45, 7) is 0. The molecule has 324 valence electrons. The molecule has 69 heavy (non-hydrogen) atoms. The summed E-state index contributed by atoms with van der Waals surface area (Å²) in [6, 6.07) is 90.9. The Kier molecular flexibility index (Phi) is 9.77. The van der Waals surface area contributed by atoms with E-state index in [1.165, 1.54) is 31.5 Å². The molecule has 0 aliphatic rings. The maximum atomic E-state index is 6.23. The second-order valence-electron chi connectivity index (χ2n) is 17.5. The molecule has 0 fully saturated rings. The van der Waals surface area contributed by atoms with Crippen LogP contribution in [0.15, 0.2) is 259 Å². The Balaban J connectivity index is 0.978. The zero-order chi connectivity index (χ0) is 45.7. The predicted molar refractivity (Wildman–Crippen MR) is 287 cm³/mol. The van der Waals surface area contributed by atoms with Gasteiger partial charge in [-0.2, -0.15) is 0 Å². The summed E-state index contributed by atoms with van der Waals surface area (Å²) >= 11 is 0. The second-order valence-corrected chi connectivity index (χ2v) is 21.3. The summed E-state index contributed by atoms with van der Waals surface area (Å²) < 4.78 is 8.57. The van der Waals surface area contributed by atoms with E-state index < -0.39 is 8.07 Å². The summed E-state index contributed by atoms with van der Waals surface area (Å²) in [5.41, 5.74) is 9.91. The van der Waals surface area contributed by atoms with Gasteiger partial charge in [0.2, 0.25) is 0 Å². The number of hydrogen-bond acceptors (Lipinski definition) is 4. The number of para-hydroxylation sites is 3. The van der Waals surface area contributed by atoms with Crippen molar-refractivity contribution in [1.82, 2.24) is 19.5 Å². The molecular weight excluding hydrogens is 857 g/mol. The lowest BCUT2D eigenvalue weighted by Crippen LogP contribution is -2.74. The van der Waals surface area contributed by atoms with Crippen LogP contribution in [-0.4, -0.2) is 27.6 Å². The molecular formula is C63H42N4OSi. The molecule has 0 atom stereocenters. The average molecular weight is 899 g/mol. The molecule has 10 aromatic carbocycles. The van der Waals surface area contributed by atoms with Gasteiger partial charge in [-0.05, 0) is 86.5 Å². The SMILES string of the molecule is c1ccc([Si](c2ccccc2)(c2ccccc2)c2ccc(-c3nc(-c4ccc(-n5c6ccccc6c6ccccc65)cc4)nc(-c4ccccc4-c4ccc5oc6ccccc6c5c4)n3)cc2)cc1. The molecule has 0 bridgehead atoms. The third-order valence-corrected chi connectivity index (χ3v) is 18.4. The molecule has 13 aromatic rings. The average Bonchev–Trinajstić information content (AvgIpc) is 3.98. The van der Waals surface area contributed by atoms with Crippen LogP contribution in [0.3, 0.4) is 0 Å². The highest BCUT2D eigenvalue weighted by molar-refractivity contribution is 7.19. The molecule has 0 radical (unpaired) electrons. The van der Waals surface area contributed by atoms with E-state index in [0.717, 1.165) is 66.5 Å². The molecule has 0 saturated carbocycles. The Morgan fingerprint density at radius 2 is 0.725 bits per heavy atom. The van der Waals surface area contributed by atoms with Crippen molar-refractivity contribution >= 4 is 72.6 Å². The Hall–Kier alpha value is -8.97. The van der Waals surface area contributed by atoms with Crippen LogP contribution in [0.4, 0.5) is 0 Å². The molecule has 0 amide bonds. The van der Waals surface area contributed by atoms with Crippen LogP contribution >= 0.6 is 0 Å². The van der Waals surface area contributed by atoms with Crippen LogP contribution in [0.5, 0.6) is 0 Å². The van der Waals surface area contributed by atoms with Gasteiger partial charge < -0.3 is 8.98 Å². The molecule has 0 aliphatic carbocycles. The molecule has 0 spiro atoms. The predicted octanol–water partition coefficient (Wildman–Crippen LogP) is 12.9. The first-order valence-corrected chi connectivity index (χ1v) is 25.3. The highest BCUT2D eigenvalue weighted by Crippen LogP contribution is 2.37. The Morgan fingerprint density at radius 3 is 1.30 bits per heavy atom. The lowest BCUT2D eigenvalue weighted by Gasteiger charge is -2.34. The monoisotopic (exact) mass is 898 g/mol. The summed E-state index contributed by atoms with van der Waals surface area (Å²) in [4.78, 5) is 16.0. The smallest absolute Gasteiger partial charge is 0.179 e. The summed E-state index contributed by atoms with van der Waals surface area (Å²) in [7, 11) is -2.75. The zero-order valence-corrected chi connectivity index (χ0v) is 38.4. The second kappa shape index (κ2) is 16.7. The maximum absolute atomic E-state index is 6.23. The molecule has 13 rings (SSSR count). The van der Waals surface area contributed by atoms with E-state index in [4.69, 9.17) is 19.4 Å². The lowest BCUT2D eigenvalue weighted by molar-refractivity contribution is 0.669. The highest BCUT2D eigenvalue weighted by atomic mass is 28.3. The van der Waals surface area contributed by atoms with Crippen LogP contribution in [-0.2, 0) is 0 Å². The topological polar surface area (TPSA) is 56.7 Å². The highest BCUT2D eigenvalue weighted by Gasteiger charge is 2.41. The third-order valence-electron chi connectivity index (χ3n) is 13.7. The van der Waals surface area contributed by atoms with Crippen molar-refractivity contribution < 1.29 is 4.42 Å². The quantitative estimate of drug-likeness (QED) is 0.107. The van der Waals surface area contributed by atoms with Gasteiger partial charge in [0.05, 0.1) is 11.0 Å². The summed E-state index contributed by atoms with van der Waals surface area (Å²) in [5.74, 6) is 1.80. The van der Waals surface area contributed by atoms with Gasteiger partial charge in [0, 0.05) is 43.9 Å². The zero-order valence-electron chi connectivity index (χ0n) is 37.4. The number of aromatic nitrogens is 4. The van der Waals surface area contributed by atoms with Gasteiger partial charge in [0.25, 0.3) is 0 Å². The van der Waals surface area contributed by atoms with Crippen molar-refractivity contribution in [2.45, 2.75) is 0 Å². The van der Waals surface area contributed by atoms with E-state index in [2.05, 4.69) is 247 Å². The number of hydrogen-bond donors (Lipinski definition) is 0. The minimum Gasteiger partial charge on any atom is -0.456 e. The van der Waals surface area contributed by atoms with Gasteiger partial charge in [0.15, 0.2) is 25.5 Å². The van der Waals surface area contributed by atoms with E-state index in [9.17, 15) is 0 Å². The largest absolute Gasteiger partial charge is 0.456 e. The molecule has 3 aromatic heterocycles. The van der Waals surface area contributed by atoms with E-state index in [0.29, 0.717) is 17.5 Å². The molecule has 0 N–H and O–H groups in total. The fourth-order valence-electron chi connectivity index (χ4n) is 10.5. The van der Waals surface area contributed by atoms with Gasteiger partial charge in [-0.1, -0.05) is 200 Å². The van der Waals surface area contributed by atoms with Crippen molar-refractivity contribution in [1.29, 1.82) is 0 Å². The lowest BCUT2D eigenvalue weighted by atomic mass is 9.97. The molecule has 0 aliphatic heterocycles. The summed E-state index contributed by atoms with van der Waals surface area (Å²) in [6.07, 6.45) is 0. The Bertz CT molecular complexity index is 3850. The summed E-state index contributed by atoms with van der Waals surface area (Å²) in [5, 5.41) is 9.85. The Labute approximate surface area is 400 Å². The third kappa shape index (κ3) is 6.80. The molecule has 0 unspecified atom stereocenters. The van der Waals surface area contributed by atoms with Crippen LogP contribution in [0.2, 0.25) is 0 Å². The number of nitrogens with zero attached hydrogens (tertiary/aromatic N) is 4. The first kappa shape index (κ1) is 40.3. The standard InChI is InChI=1S/C63H42N4OSi/c1-4-18-47(19-5-1)69(48-20-6-2-7-21-48,49-22-8-3-9-23-49)50-39-34-44(35-40-50)62-64-61(43-32-37-46(38-33-43)67-57-29-15-12-25-52(57)53-26-13-16-30-58(53)67)65-63(66-62)55-28-11-10-24-51(55)45-36-41-60-56(42-45)54-27-14-17-31-59(54)68-60/h1-42H. The fraction of sp³-hybridized carbons (Fsp3) is 0. The number of benzene rings is 10. The number of furan rings is 1. The van der Waals surface area contributed by atoms with E-state index in [1.807, 2.05) is 12.1 Å². The van der Waals surface area contributed by atoms with Crippen LogP contribution in [0.1, 0.15) is 0 Å². The van der Waals surface area contributed by atoms with E-state index >= 15 is 0 Å². The van der Waals surface area contributed by atoms with Crippen LogP contribution in [0, 0.1) is 0 Å². The van der Waals surface area contributed by atoms with Crippen molar-refractivity contribution in [2.24, 2.45) is 0 Å². The first-order valence-electron chi connectivity index (χ1n) is 23.3. The van der Waals surface area contributed by atoms with Gasteiger partial charge in [-0.25, -0.2) is 15.0 Å². The van der Waals surface area contributed by atoms with Crippen molar-refractivity contribution in [2.75, 3.05) is 0 Å². The minimum atomic E-state index is -2.75.